The Morgan fingerprint density at radius 3 is 2.43 bits per heavy atom. The van der Waals surface area contributed by atoms with E-state index in [9.17, 15) is 24.6 Å². The zero-order chi connectivity index (χ0) is 21.0. The van der Waals surface area contributed by atoms with E-state index in [0.29, 0.717) is 0 Å². The number of nitrogens with two attached hydrogens (primary N) is 1. The van der Waals surface area contributed by atoms with Crippen molar-refractivity contribution in [2.75, 3.05) is 13.1 Å². The van der Waals surface area contributed by atoms with Crippen LogP contribution >= 0.6 is 0 Å². The van der Waals surface area contributed by atoms with Gasteiger partial charge in [0.25, 0.3) is 0 Å². The van der Waals surface area contributed by atoms with Gasteiger partial charge in [0.15, 0.2) is 0 Å². The summed E-state index contributed by atoms with van der Waals surface area (Å²) >= 11 is 0. The molecule has 11 nitrogen and oxygen atoms in total. The highest BCUT2D eigenvalue weighted by Gasteiger charge is 2.35. The number of carbonyl (C=O) groups excluding carboxylic acids is 1. The fourth-order valence-electron chi connectivity index (χ4n) is 2.71. The maximum atomic E-state index is 11.9. The summed E-state index contributed by atoms with van der Waals surface area (Å²) < 4.78 is 5.56. The largest absolute Gasteiger partial charge is 0.507 e. The van der Waals surface area contributed by atoms with Crippen LogP contribution in [0.5, 0.6) is 11.5 Å². The molecular formula is C16H21BN2O9. The molecule has 0 radical (unpaired) electrons. The van der Waals surface area contributed by atoms with Crippen molar-refractivity contribution in [3.05, 3.63) is 23.3 Å². The lowest BCUT2D eigenvalue weighted by molar-refractivity contribution is -0.146. The summed E-state index contributed by atoms with van der Waals surface area (Å²) in [5.41, 5.74) is 5.09. The summed E-state index contributed by atoms with van der Waals surface area (Å²) in [5, 5.41) is 46.1. The second-order valence-electron chi connectivity index (χ2n) is 6.46. The average molecular weight is 396 g/mol. The molecule has 1 aromatic carbocycles. The van der Waals surface area contributed by atoms with Crippen LogP contribution in [0.15, 0.2) is 12.1 Å². The highest BCUT2D eigenvalue weighted by Crippen LogP contribution is 2.34. The average Bonchev–Trinajstić information content (AvgIpc) is 2.55. The number of aromatic hydroxyl groups is 1. The summed E-state index contributed by atoms with van der Waals surface area (Å²) in [6.45, 7) is 0.257. The van der Waals surface area contributed by atoms with Crippen molar-refractivity contribution in [3.63, 3.8) is 0 Å². The summed E-state index contributed by atoms with van der Waals surface area (Å²) in [6, 6.07) is 1.48. The lowest BCUT2D eigenvalue weighted by Crippen LogP contribution is -2.57. The van der Waals surface area contributed by atoms with Crippen LogP contribution in [0.1, 0.15) is 22.3 Å². The lowest BCUT2D eigenvalue weighted by atomic mass is 9.82. The molecule has 2 rings (SSSR count). The molecule has 0 saturated carbocycles. The number of benzene rings is 1. The van der Waals surface area contributed by atoms with Gasteiger partial charge in [-0.15, -0.1) is 0 Å². The van der Waals surface area contributed by atoms with Crippen LogP contribution in [-0.2, 0) is 16.0 Å². The number of ether oxygens (including phenoxy) is 1. The number of carboxylic acid groups (broad SMARTS) is 2. The number of aromatic carboxylic acids is 1. The fourth-order valence-corrected chi connectivity index (χ4v) is 2.71. The Bertz CT molecular complexity index is 765. The number of aliphatic carboxylic acids is 1. The molecule has 0 bridgehead atoms. The van der Waals surface area contributed by atoms with Crippen molar-refractivity contribution >= 4 is 25.0 Å². The number of nitrogens with zero attached hydrogens (tertiary/aromatic N) is 1. The number of carbonyl (C=O) groups is 3. The number of phenols is 1. The maximum absolute atomic E-state index is 11.9. The van der Waals surface area contributed by atoms with Crippen LogP contribution < -0.4 is 10.5 Å². The monoisotopic (exact) mass is 396 g/mol. The molecule has 1 fully saturated rings. The van der Waals surface area contributed by atoms with Gasteiger partial charge in [0.2, 0.25) is 5.91 Å². The number of likely N-dealkylation sites (tertiary alicyclic amines) is 1. The van der Waals surface area contributed by atoms with Gasteiger partial charge in [0.1, 0.15) is 29.2 Å². The molecule has 1 saturated heterocycles. The van der Waals surface area contributed by atoms with Crippen molar-refractivity contribution in [3.8, 4) is 11.5 Å². The highest BCUT2D eigenvalue weighted by molar-refractivity contribution is 6.41. The van der Waals surface area contributed by atoms with Crippen molar-refractivity contribution in [2.24, 2.45) is 5.73 Å². The Morgan fingerprint density at radius 1 is 1.25 bits per heavy atom. The molecule has 1 heterocycles. The zero-order valence-electron chi connectivity index (χ0n) is 14.8. The van der Waals surface area contributed by atoms with Gasteiger partial charge < -0.3 is 40.7 Å². The van der Waals surface area contributed by atoms with E-state index in [1.165, 1.54) is 17.0 Å². The second-order valence-corrected chi connectivity index (χ2v) is 6.46. The van der Waals surface area contributed by atoms with E-state index < -0.39 is 48.4 Å². The van der Waals surface area contributed by atoms with Gasteiger partial charge >= 0.3 is 19.1 Å². The Morgan fingerprint density at radius 2 is 1.89 bits per heavy atom. The summed E-state index contributed by atoms with van der Waals surface area (Å²) in [5.74, 6) is -3.76. The first-order chi connectivity index (χ1) is 13.1. The molecule has 0 unspecified atom stereocenters. The van der Waals surface area contributed by atoms with Crippen LogP contribution in [0.3, 0.4) is 0 Å². The molecule has 0 spiro atoms. The van der Waals surface area contributed by atoms with E-state index in [2.05, 4.69) is 0 Å². The predicted octanol–water partition coefficient (Wildman–Crippen LogP) is -1.50. The third kappa shape index (κ3) is 5.12. The van der Waals surface area contributed by atoms with Crippen LogP contribution in [0.2, 0.25) is 6.32 Å². The first kappa shape index (κ1) is 21.5. The SMILES string of the molecule is N[C@H](CC(=O)N1CC(Oc2ccc(CCB(O)O)c(O)c2C(=O)O)C1)C(=O)O. The maximum Gasteiger partial charge on any atom is 0.451 e. The van der Waals surface area contributed by atoms with Crippen molar-refractivity contribution in [2.45, 2.75) is 31.3 Å². The van der Waals surface area contributed by atoms with Gasteiger partial charge in [-0.2, -0.15) is 0 Å². The third-order valence-electron chi connectivity index (χ3n) is 4.32. The molecule has 7 N–H and O–H groups in total. The van der Waals surface area contributed by atoms with Crippen molar-refractivity contribution in [1.82, 2.24) is 4.90 Å². The Kier molecular flexibility index (Phi) is 6.83. The number of aryl methyl sites for hydroxylation is 1. The molecule has 1 aliphatic heterocycles. The molecule has 0 aliphatic carbocycles. The lowest BCUT2D eigenvalue weighted by Gasteiger charge is -2.39. The number of hydrogen-bond donors (Lipinski definition) is 6. The number of carboxylic acids is 2. The minimum Gasteiger partial charge on any atom is -0.507 e. The van der Waals surface area contributed by atoms with E-state index in [4.69, 9.17) is 25.6 Å². The van der Waals surface area contributed by atoms with E-state index in [-0.39, 0.29) is 43.6 Å². The van der Waals surface area contributed by atoms with Gasteiger partial charge in [0.05, 0.1) is 19.5 Å². The Labute approximate surface area is 160 Å². The van der Waals surface area contributed by atoms with Crippen molar-refractivity contribution < 1.29 is 44.5 Å². The van der Waals surface area contributed by atoms with Gasteiger partial charge in [-0.1, -0.05) is 6.07 Å². The molecule has 152 valence electrons. The van der Waals surface area contributed by atoms with E-state index in [1.54, 1.807) is 0 Å². The number of hydrogen-bond acceptors (Lipinski definition) is 8. The quantitative estimate of drug-likeness (QED) is 0.268. The molecule has 1 amide bonds. The molecule has 1 aromatic rings. The molecular weight excluding hydrogens is 375 g/mol. The molecule has 1 atom stereocenters. The summed E-state index contributed by atoms with van der Waals surface area (Å²) in [4.78, 5) is 35.4. The number of amides is 1. The Hall–Kier alpha value is -2.83. The normalized spacial score (nSPS) is 14.9. The summed E-state index contributed by atoms with van der Waals surface area (Å²) in [6.07, 6.45) is -0.896. The predicted molar refractivity (Wildman–Crippen MR) is 95.0 cm³/mol. The molecule has 28 heavy (non-hydrogen) atoms. The second kappa shape index (κ2) is 8.91. The van der Waals surface area contributed by atoms with Gasteiger partial charge in [-0.05, 0) is 24.4 Å². The first-order valence-corrected chi connectivity index (χ1v) is 8.47. The molecule has 12 heteroatoms. The molecule has 0 aromatic heterocycles. The fraction of sp³-hybridized carbons (Fsp3) is 0.438. The number of rotatable bonds is 9. The van der Waals surface area contributed by atoms with E-state index in [0.717, 1.165) is 0 Å². The van der Waals surface area contributed by atoms with E-state index in [1.807, 2.05) is 0 Å². The van der Waals surface area contributed by atoms with Gasteiger partial charge in [-0.25, -0.2) is 4.79 Å². The van der Waals surface area contributed by atoms with Crippen molar-refractivity contribution in [1.29, 1.82) is 0 Å². The third-order valence-corrected chi connectivity index (χ3v) is 4.32. The van der Waals surface area contributed by atoms with Gasteiger partial charge in [0, 0.05) is 0 Å². The summed E-state index contributed by atoms with van der Waals surface area (Å²) in [7, 11) is -1.59. The highest BCUT2D eigenvalue weighted by atomic mass is 16.5. The Balaban J connectivity index is 2.01. The van der Waals surface area contributed by atoms with Crippen LogP contribution in [0, 0.1) is 0 Å². The minimum absolute atomic E-state index is 0.0552. The zero-order valence-corrected chi connectivity index (χ0v) is 14.8. The van der Waals surface area contributed by atoms with Crippen LogP contribution in [-0.4, -0.2) is 80.5 Å². The van der Waals surface area contributed by atoms with Crippen LogP contribution in [0.25, 0.3) is 0 Å². The topological polar surface area (TPSA) is 191 Å². The smallest absolute Gasteiger partial charge is 0.451 e. The van der Waals surface area contributed by atoms with Crippen LogP contribution in [0.4, 0.5) is 0 Å². The van der Waals surface area contributed by atoms with E-state index >= 15 is 0 Å². The standard InChI is InChI=1S/C16H21BN2O9/c18-10(15(22)23)5-12(20)19-6-9(7-19)28-11-2-1-8(3-4-17(26)27)14(21)13(11)16(24)25/h1-2,9-10,21,26-27H,3-7,18H2,(H,22,23)(H,24,25)/t10-/m1/s1. The first-order valence-electron chi connectivity index (χ1n) is 8.47. The minimum atomic E-state index is -1.59. The van der Waals surface area contributed by atoms with Gasteiger partial charge in [-0.3, -0.25) is 9.59 Å². The molecule has 1 aliphatic rings.